The molecule has 0 atom stereocenters. The van der Waals surface area contributed by atoms with Gasteiger partial charge in [0.05, 0.1) is 13.2 Å². The van der Waals surface area contributed by atoms with Crippen molar-refractivity contribution in [2.75, 3.05) is 19.8 Å². The minimum absolute atomic E-state index is 0.0480. The van der Waals surface area contributed by atoms with Crippen LogP contribution in [0.2, 0.25) is 0 Å². The molecule has 4 heteroatoms. The number of hydrogen-bond acceptors (Lipinski definition) is 4. The van der Waals surface area contributed by atoms with E-state index in [0.717, 1.165) is 23.1 Å². The van der Waals surface area contributed by atoms with Crippen LogP contribution in [0.25, 0.3) is 22.3 Å². The third kappa shape index (κ3) is 6.33. The summed E-state index contributed by atoms with van der Waals surface area (Å²) in [6.45, 7) is 9.97. The third-order valence-corrected chi connectivity index (χ3v) is 5.55. The standard InChI is InChI=1S/C29H32O4/c1-5-22-18-24(10-12-27(22)23-8-6-21(4)7-9-23)28-13-11-26(32-17-15-30)19-25(28)14-16-33-29(31)20(2)3/h6-13,18-19,30H,2,5,14-17H2,1,3-4H3. The minimum Gasteiger partial charge on any atom is -0.491 e. The zero-order valence-corrected chi connectivity index (χ0v) is 19.7. The maximum absolute atomic E-state index is 11.8. The van der Waals surface area contributed by atoms with E-state index in [1.165, 1.54) is 22.3 Å². The van der Waals surface area contributed by atoms with Crippen molar-refractivity contribution >= 4 is 5.97 Å². The largest absolute Gasteiger partial charge is 0.491 e. The molecule has 4 nitrogen and oxygen atoms in total. The monoisotopic (exact) mass is 444 g/mol. The molecule has 3 rings (SSSR count). The number of aryl methyl sites for hydroxylation is 2. The summed E-state index contributed by atoms with van der Waals surface area (Å²) in [6.07, 6.45) is 1.46. The van der Waals surface area contributed by atoms with Gasteiger partial charge in [0.25, 0.3) is 0 Å². The van der Waals surface area contributed by atoms with Gasteiger partial charge in [-0.25, -0.2) is 4.79 Å². The molecule has 0 aliphatic rings. The van der Waals surface area contributed by atoms with E-state index in [-0.39, 0.29) is 25.8 Å². The van der Waals surface area contributed by atoms with E-state index in [4.69, 9.17) is 14.6 Å². The summed E-state index contributed by atoms with van der Waals surface area (Å²) in [4.78, 5) is 11.8. The number of benzene rings is 3. The summed E-state index contributed by atoms with van der Waals surface area (Å²) >= 11 is 0. The number of aliphatic hydroxyl groups is 1. The average Bonchev–Trinajstić information content (AvgIpc) is 2.83. The molecule has 0 bridgehead atoms. The van der Waals surface area contributed by atoms with Crippen LogP contribution in [0.5, 0.6) is 5.75 Å². The molecular weight excluding hydrogens is 412 g/mol. The lowest BCUT2D eigenvalue weighted by Crippen LogP contribution is -2.09. The van der Waals surface area contributed by atoms with Gasteiger partial charge in [-0.3, -0.25) is 0 Å². The van der Waals surface area contributed by atoms with E-state index in [2.05, 4.69) is 62.9 Å². The molecule has 0 aromatic heterocycles. The highest BCUT2D eigenvalue weighted by atomic mass is 16.5. The lowest BCUT2D eigenvalue weighted by atomic mass is 9.91. The molecule has 33 heavy (non-hydrogen) atoms. The van der Waals surface area contributed by atoms with E-state index in [0.29, 0.717) is 17.7 Å². The molecule has 0 unspecified atom stereocenters. The van der Waals surface area contributed by atoms with E-state index in [9.17, 15) is 4.79 Å². The zero-order valence-electron chi connectivity index (χ0n) is 19.7. The van der Waals surface area contributed by atoms with Gasteiger partial charge >= 0.3 is 5.97 Å². The van der Waals surface area contributed by atoms with Gasteiger partial charge in [0, 0.05) is 12.0 Å². The van der Waals surface area contributed by atoms with Gasteiger partial charge in [-0.05, 0) is 65.8 Å². The van der Waals surface area contributed by atoms with Gasteiger partial charge in [-0.2, -0.15) is 0 Å². The molecule has 0 amide bonds. The van der Waals surface area contributed by atoms with Gasteiger partial charge in [-0.15, -0.1) is 0 Å². The first-order valence-corrected chi connectivity index (χ1v) is 11.3. The number of rotatable bonds is 10. The molecule has 0 aliphatic heterocycles. The quantitative estimate of drug-likeness (QED) is 0.311. The van der Waals surface area contributed by atoms with Gasteiger partial charge in [0.1, 0.15) is 12.4 Å². The predicted octanol–water partition coefficient (Wildman–Crippen LogP) is 5.92. The van der Waals surface area contributed by atoms with Crippen molar-refractivity contribution in [3.8, 4) is 28.0 Å². The first-order valence-electron chi connectivity index (χ1n) is 11.3. The Labute approximate surface area is 196 Å². The van der Waals surface area contributed by atoms with Crippen LogP contribution >= 0.6 is 0 Å². The summed E-state index contributed by atoms with van der Waals surface area (Å²) in [5.41, 5.74) is 8.55. The number of hydrogen-bond donors (Lipinski definition) is 1. The SMILES string of the molecule is C=C(C)C(=O)OCCc1cc(OCCO)ccc1-c1ccc(-c2ccc(C)cc2)c(CC)c1. The summed E-state index contributed by atoms with van der Waals surface area (Å²) in [5, 5.41) is 9.09. The van der Waals surface area contributed by atoms with Crippen molar-refractivity contribution < 1.29 is 19.4 Å². The number of aliphatic hydroxyl groups excluding tert-OH is 1. The van der Waals surface area contributed by atoms with Crippen LogP contribution in [0.3, 0.4) is 0 Å². The minimum atomic E-state index is -0.389. The molecule has 172 valence electrons. The van der Waals surface area contributed by atoms with Crippen molar-refractivity contribution in [1.82, 2.24) is 0 Å². The Morgan fingerprint density at radius 2 is 1.58 bits per heavy atom. The van der Waals surface area contributed by atoms with Crippen molar-refractivity contribution in [2.45, 2.75) is 33.6 Å². The Bertz CT molecular complexity index is 1110. The van der Waals surface area contributed by atoms with Crippen LogP contribution in [0, 0.1) is 6.92 Å². The molecular formula is C29H32O4. The fourth-order valence-electron chi connectivity index (χ4n) is 3.76. The van der Waals surface area contributed by atoms with Crippen LogP contribution in [0.15, 0.2) is 72.8 Å². The molecule has 0 heterocycles. The smallest absolute Gasteiger partial charge is 0.333 e. The highest BCUT2D eigenvalue weighted by molar-refractivity contribution is 5.87. The Balaban J connectivity index is 1.94. The van der Waals surface area contributed by atoms with E-state index in [1.807, 2.05) is 18.2 Å². The van der Waals surface area contributed by atoms with E-state index >= 15 is 0 Å². The van der Waals surface area contributed by atoms with Crippen LogP contribution in [0.4, 0.5) is 0 Å². The van der Waals surface area contributed by atoms with E-state index in [1.54, 1.807) is 6.92 Å². The zero-order chi connectivity index (χ0) is 23.8. The Morgan fingerprint density at radius 1 is 0.909 bits per heavy atom. The van der Waals surface area contributed by atoms with Crippen molar-refractivity contribution in [3.05, 3.63) is 89.5 Å². The molecule has 1 N–H and O–H groups in total. The first-order chi connectivity index (χ1) is 15.9. The van der Waals surface area contributed by atoms with E-state index < -0.39 is 0 Å². The van der Waals surface area contributed by atoms with Gasteiger partial charge < -0.3 is 14.6 Å². The molecule has 3 aromatic carbocycles. The number of esters is 1. The molecule has 0 fully saturated rings. The number of carbonyl (C=O) groups is 1. The van der Waals surface area contributed by atoms with Crippen LogP contribution in [-0.4, -0.2) is 30.9 Å². The maximum atomic E-state index is 11.8. The topological polar surface area (TPSA) is 55.8 Å². The molecule has 0 saturated heterocycles. The van der Waals surface area contributed by atoms with Gasteiger partial charge in [-0.1, -0.05) is 67.6 Å². The predicted molar refractivity (Wildman–Crippen MR) is 133 cm³/mol. The van der Waals surface area contributed by atoms with Gasteiger partial charge in [0.15, 0.2) is 0 Å². The van der Waals surface area contributed by atoms with Gasteiger partial charge in [0.2, 0.25) is 0 Å². The summed E-state index contributed by atoms with van der Waals surface area (Å²) in [7, 11) is 0. The molecule has 3 aromatic rings. The lowest BCUT2D eigenvalue weighted by Gasteiger charge is -2.16. The second kappa shape index (κ2) is 11.5. The van der Waals surface area contributed by atoms with Crippen LogP contribution in [0.1, 0.15) is 30.5 Å². The normalized spacial score (nSPS) is 10.7. The molecule has 0 radical (unpaired) electrons. The highest BCUT2D eigenvalue weighted by Gasteiger charge is 2.12. The average molecular weight is 445 g/mol. The Morgan fingerprint density at radius 3 is 2.24 bits per heavy atom. The fourth-order valence-corrected chi connectivity index (χ4v) is 3.76. The number of ether oxygens (including phenoxy) is 2. The second-order valence-electron chi connectivity index (χ2n) is 8.15. The Kier molecular flexibility index (Phi) is 8.45. The van der Waals surface area contributed by atoms with Crippen molar-refractivity contribution in [1.29, 1.82) is 0 Å². The fraction of sp³-hybridized carbons (Fsp3) is 0.276. The molecule has 0 spiro atoms. The maximum Gasteiger partial charge on any atom is 0.333 e. The summed E-state index contributed by atoms with van der Waals surface area (Å²) in [5.74, 6) is 0.293. The third-order valence-electron chi connectivity index (χ3n) is 5.55. The Hall–Kier alpha value is -3.37. The summed E-state index contributed by atoms with van der Waals surface area (Å²) < 4.78 is 10.9. The molecule has 0 aliphatic carbocycles. The van der Waals surface area contributed by atoms with Crippen molar-refractivity contribution in [2.24, 2.45) is 0 Å². The second-order valence-corrected chi connectivity index (χ2v) is 8.15. The van der Waals surface area contributed by atoms with Crippen LogP contribution < -0.4 is 4.74 Å². The highest BCUT2D eigenvalue weighted by Crippen LogP contribution is 2.33. The summed E-state index contributed by atoms with van der Waals surface area (Å²) in [6, 6.07) is 21.1. The number of carbonyl (C=O) groups excluding carboxylic acids is 1. The molecule has 0 saturated carbocycles. The van der Waals surface area contributed by atoms with Crippen molar-refractivity contribution in [3.63, 3.8) is 0 Å². The van der Waals surface area contributed by atoms with Crippen LogP contribution in [-0.2, 0) is 22.4 Å². The first kappa shape index (κ1) is 24.3. The lowest BCUT2D eigenvalue weighted by molar-refractivity contribution is -0.138.